The maximum Gasteiger partial charge on any atom is 0.0583 e. The first kappa shape index (κ1) is 33.9. The third-order valence-electron chi connectivity index (χ3n) is 12.1. The predicted octanol–water partition coefficient (Wildman–Crippen LogP) is 15.2. The fraction of sp³-hybridized carbons (Fsp3) is 0.0545. The minimum absolute atomic E-state index is 0.220. The second-order valence-electron chi connectivity index (χ2n) is 15.8. The van der Waals surface area contributed by atoms with Crippen LogP contribution in [0.4, 0.5) is 34.1 Å². The summed E-state index contributed by atoms with van der Waals surface area (Å²) in [6.07, 6.45) is 0. The van der Waals surface area contributed by atoms with Gasteiger partial charge in [-0.1, -0.05) is 153 Å². The van der Waals surface area contributed by atoms with Gasteiger partial charge in [-0.15, -0.1) is 0 Å². The highest BCUT2D eigenvalue weighted by Gasteiger charge is 2.39. The average molecular weight is 744 g/mol. The van der Waals surface area contributed by atoms with Crippen molar-refractivity contribution < 1.29 is 0 Å². The summed E-state index contributed by atoms with van der Waals surface area (Å²) in [4.78, 5) is 4.92. The zero-order valence-electron chi connectivity index (χ0n) is 32.5. The first-order chi connectivity index (χ1) is 28.6. The van der Waals surface area contributed by atoms with Crippen LogP contribution in [-0.4, -0.2) is 4.57 Å². The van der Waals surface area contributed by atoms with Gasteiger partial charge in [0, 0.05) is 38.9 Å². The van der Waals surface area contributed by atoms with Crippen molar-refractivity contribution in [2.75, 3.05) is 9.80 Å². The Bertz CT molecular complexity index is 3100. The molecule has 0 atom stereocenters. The van der Waals surface area contributed by atoms with Gasteiger partial charge in [0.2, 0.25) is 0 Å². The molecule has 0 N–H and O–H groups in total. The summed E-state index contributed by atoms with van der Waals surface area (Å²) in [7, 11) is 0. The number of hydrogen-bond donors (Lipinski definition) is 0. The number of rotatable bonds is 7. The quantitative estimate of drug-likeness (QED) is 0.161. The van der Waals surface area contributed by atoms with E-state index in [1.807, 2.05) is 0 Å². The molecule has 0 spiro atoms. The zero-order valence-corrected chi connectivity index (χ0v) is 32.5. The monoisotopic (exact) mass is 743 g/mol. The Morgan fingerprint density at radius 3 is 1.67 bits per heavy atom. The second kappa shape index (κ2) is 13.4. The van der Waals surface area contributed by atoms with Crippen molar-refractivity contribution in [1.82, 2.24) is 4.57 Å². The fourth-order valence-electron chi connectivity index (χ4n) is 9.55. The number of para-hydroxylation sites is 4. The van der Waals surface area contributed by atoms with E-state index < -0.39 is 0 Å². The van der Waals surface area contributed by atoms with Gasteiger partial charge >= 0.3 is 0 Å². The number of fused-ring (bicyclic) bond motifs is 7. The van der Waals surface area contributed by atoms with Crippen LogP contribution in [-0.2, 0) is 5.41 Å². The lowest BCUT2D eigenvalue weighted by Crippen LogP contribution is -2.21. The van der Waals surface area contributed by atoms with Gasteiger partial charge in [-0.05, 0) is 106 Å². The van der Waals surface area contributed by atoms with Crippen LogP contribution in [0.25, 0.3) is 49.4 Å². The molecule has 0 saturated carbocycles. The summed E-state index contributed by atoms with van der Waals surface area (Å²) in [5.74, 6) is 0. The van der Waals surface area contributed by atoms with Gasteiger partial charge in [-0.2, -0.15) is 0 Å². The summed E-state index contributed by atoms with van der Waals surface area (Å²) in [5.41, 5.74) is 15.2. The van der Waals surface area contributed by atoms with Crippen molar-refractivity contribution in [2.24, 2.45) is 0 Å². The molecule has 0 aliphatic heterocycles. The van der Waals surface area contributed by atoms with E-state index in [1.165, 1.54) is 49.5 Å². The maximum atomic E-state index is 2.49. The molecule has 1 aliphatic rings. The molecule has 1 heterocycles. The van der Waals surface area contributed by atoms with Crippen LogP contribution >= 0.6 is 0 Å². The Kier molecular flexibility index (Phi) is 7.84. The first-order valence-corrected chi connectivity index (χ1v) is 20.1. The number of anilines is 6. The minimum atomic E-state index is -0.220. The summed E-state index contributed by atoms with van der Waals surface area (Å²) in [5, 5.41) is 4.83. The van der Waals surface area contributed by atoms with E-state index in [9.17, 15) is 0 Å². The zero-order chi connectivity index (χ0) is 38.8. The summed E-state index contributed by atoms with van der Waals surface area (Å²) in [6, 6.07) is 77.4. The molecule has 276 valence electrons. The summed E-state index contributed by atoms with van der Waals surface area (Å²) >= 11 is 0. The molecular formula is C55H41N3. The number of nitrogens with zero attached hydrogens (tertiary/aromatic N) is 3. The van der Waals surface area contributed by atoms with Crippen molar-refractivity contribution in [3.63, 3.8) is 0 Å². The average Bonchev–Trinajstić information content (AvgIpc) is 3.73. The van der Waals surface area contributed by atoms with Crippen LogP contribution in [0.3, 0.4) is 0 Å². The van der Waals surface area contributed by atoms with E-state index in [4.69, 9.17) is 0 Å². The highest BCUT2D eigenvalue weighted by atomic mass is 15.2. The van der Waals surface area contributed by atoms with E-state index in [0.29, 0.717) is 0 Å². The molecule has 3 heteroatoms. The molecule has 0 bridgehead atoms. The molecule has 0 amide bonds. The Morgan fingerprint density at radius 1 is 0.397 bits per heavy atom. The van der Waals surface area contributed by atoms with Gasteiger partial charge in [-0.3, -0.25) is 0 Å². The maximum absolute atomic E-state index is 2.49. The van der Waals surface area contributed by atoms with Crippen LogP contribution in [0.2, 0.25) is 0 Å². The van der Waals surface area contributed by atoms with Crippen molar-refractivity contribution in [1.29, 1.82) is 0 Å². The Hall–Kier alpha value is -7.36. The van der Waals surface area contributed by atoms with Gasteiger partial charge < -0.3 is 14.4 Å². The molecule has 3 nitrogen and oxygen atoms in total. The fourth-order valence-corrected chi connectivity index (χ4v) is 9.55. The topological polar surface area (TPSA) is 11.4 Å². The van der Waals surface area contributed by atoms with E-state index in [0.717, 1.165) is 45.2 Å². The van der Waals surface area contributed by atoms with E-state index in [1.54, 1.807) is 0 Å². The molecule has 0 unspecified atom stereocenters. The van der Waals surface area contributed by atoms with Gasteiger partial charge in [0.15, 0.2) is 0 Å². The minimum Gasteiger partial charge on any atom is -0.310 e. The Morgan fingerprint density at radius 2 is 0.966 bits per heavy atom. The normalized spacial score (nSPS) is 12.8. The standard InChI is InChI=1S/C55H41N3/c1-55(2)48-30-16-14-27-45(48)46-29-18-32-50(54(46)55)57(42-25-10-5-11-26-42)44-36-51(56(40-21-6-3-7-22-40)41-23-8-4-9-24-41)53-47-28-15-17-31-49(47)58(52(53)37-44)43-34-33-38-19-12-13-20-39(38)35-43/h3-37H,1-2H3. The van der Waals surface area contributed by atoms with E-state index >= 15 is 0 Å². The summed E-state index contributed by atoms with van der Waals surface area (Å²) in [6.45, 7) is 4.76. The summed E-state index contributed by atoms with van der Waals surface area (Å²) < 4.78 is 2.47. The van der Waals surface area contributed by atoms with Gasteiger partial charge in [-0.25, -0.2) is 0 Å². The van der Waals surface area contributed by atoms with Gasteiger partial charge in [0.05, 0.1) is 28.1 Å². The molecule has 0 radical (unpaired) electrons. The number of aromatic nitrogens is 1. The SMILES string of the molecule is CC1(C)c2ccccc2-c2cccc(N(c3ccccc3)c3cc(N(c4ccccc4)c4ccccc4)c4c5ccccc5n(-c5ccc6ccccc6c5)c4c3)c21. The van der Waals surface area contributed by atoms with Crippen molar-refractivity contribution in [2.45, 2.75) is 19.3 Å². The molecule has 11 rings (SSSR count). The van der Waals surface area contributed by atoms with Gasteiger partial charge in [0.25, 0.3) is 0 Å². The highest BCUT2D eigenvalue weighted by Crippen LogP contribution is 2.55. The number of benzene rings is 9. The molecule has 1 aliphatic carbocycles. The first-order valence-electron chi connectivity index (χ1n) is 20.1. The lowest BCUT2D eigenvalue weighted by atomic mass is 9.81. The van der Waals surface area contributed by atoms with E-state index in [2.05, 4.69) is 241 Å². The third kappa shape index (κ3) is 5.28. The van der Waals surface area contributed by atoms with E-state index in [-0.39, 0.29) is 5.41 Å². The number of hydrogen-bond acceptors (Lipinski definition) is 2. The molecule has 58 heavy (non-hydrogen) atoms. The van der Waals surface area contributed by atoms with Crippen LogP contribution in [0.5, 0.6) is 0 Å². The third-order valence-corrected chi connectivity index (χ3v) is 12.1. The molecule has 0 fully saturated rings. The molecular weight excluding hydrogens is 703 g/mol. The van der Waals surface area contributed by atoms with Crippen LogP contribution in [0.1, 0.15) is 25.0 Å². The predicted molar refractivity (Wildman–Crippen MR) is 245 cm³/mol. The van der Waals surface area contributed by atoms with Gasteiger partial charge in [0.1, 0.15) is 0 Å². The Balaban J connectivity index is 1.28. The second-order valence-corrected chi connectivity index (χ2v) is 15.8. The lowest BCUT2D eigenvalue weighted by Gasteiger charge is -2.33. The van der Waals surface area contributed by atoms with Crippen LogP contribution < -0.4 is 9.80 Å². The van der Waals surface area contributed by atoms with Crippen molar-refractivity contribution in [3.05, 3.63) is 223 Å². The Labute approximate surface area is 339 Å². The highest BCUT2D eigenvalue weighted by molar-refractivity contribution is 6.18. The smallest absolute Gasteiger partial charge is 0.0583 e. The molecule has 10 aromatic rings. The van der Waals surface area contributed by atoms with Crippen LogP contribution in [0.15, 0.2) is 212 Å². The lowest BCUT2D eigenvalue weighted by molar-refractivity contribution is 0.661. The largest absolute Gasteiger partial charge is 0.310 e. The molecule has 1 aromatic heterocycles. The molecule has 9 aromatic carbocycles. The van der Waals surface area contributed by atoms with Crippen molar-refractivity contribution in [3.8, 4) is 16.8 Å². The molecule has 0 saturated heterocycles. The van der Waals surface area contributed by atoms with Crippen LogP contribution in [0, 0.1) is 0 Å². The van der Waals surface area contributed by atoms with Crippen molar-refractivity contribution >= 4 is 66.7 Å².